The van der Waals surface area contributed by atoms with Crippen molar-refractivity contribution >= 4 is 29.2 Å². The van der Waals surface area contributed by atoms with E-state index < -0.39 is 24.5 Å². The topological polar surface area (TPSA) is 97.4 Å². The number of hydrogen-bond acceptors (Lipinski definition) is 6. The molecule has 9 heteroatoms. The molecule has 2 rings (SSSR count). The lowest BCUT2D eigenvalue weighted by molar-refractivity contribution is -0.123. The molecule has 1 aromatic heterocycles. The van der Waals surface area contributed by atoms with Crippen molar-refractivity contribution in [1.29, 1.82) is 0 Å². The number of nitrogens with zero attached hydrogens (tertiary/aromatic N) is 1. The Morgan fingerprint density at radius 2 is 1.93 bits per heavy atom. The van der Waals surface area contributed by atoms with Crippen molar-refractivity contribution in [3.05, 3.63) is 40.7 Å². The summed E-state index contributed by atoms with van der Waals surface area (Å²) in [4.78, 5) is 39.8. The van der Waals surface area contributed by atoms with Crippen molar-refractivity contribution in [1.82, 2.24) is 15.6 Å². The van der Waals surface area contributed by atoms with E-state index in [4.69, 9.17) is 4.74 Å². The van der Waals surface area contributed by atoms with Crippen LogP contribution in [0.25, 0.3) is 10.6 Å². The first-order valence-corrected chi connectivity index (χ1v) is 9.20. The van der Waals surface area contributed by atoms with Crippen LogP contribution in [0.15, 0.2) is 24.3 Å². The lowest BCUT2D eigenvalue weighted by Crippen LogP contribution is -2.41. The zero-order chi connectivity index (χ0) is 19.8. The number of unbranched alkanes of at least 4 members (excludes halogenated alkanes) is 1. The molecule has 0 saturated heterocycles. The summed E-state index contributed by atoms with van der Waals surface area (Å²) < 4.78 is 18.0. The molecule has 144 valence electrons. The summed E-state index contributed by atoms with van der Waals surface area (Å²) in [6.07, 6.45) is 1.72. The van der Waals surface area contributed by atoms with E-state index in [1.54, 1.807) is 19.1 Å². The van der Waals surface area contributed by atoms with Gasteiger partial charge in [-0.1, -0.05) is 13.3 Å². The van der Waals surface area contributed by atoms with Crippen molar-refractivity contribution in [2.75, 3.05) is 13.2 Å². The van der Waals surface area contributed by atoms with Crippen molar-refractivity contribution in [2.45, 2.75) is 26.7 Å². The number of nitrogens with one attached hydrogen (secondary N) is 2. The van der Waals surface area contributed by atoms with Crippen LogP contribution < -0.4 is 10.6 Å². The SMILES string of the molecule is CCCCNC(=O)NC(=O)COC(=O)c1sc(-c2ccc(F)cc2)nc1C. The molecule has 0 atom stereocenters. The lowest BCUT2D eigenvalue weighted by Gasteiger charge is -2.06. The molecular formula is C18H20FN3O4S. The quantitative estimate of drug-likeness (QED) is 0.557. The van der Waals surface area contributed by atoms with Gasteiger partial charge < -0.3 is 10.1 Å². The van der Waals surface area contributed by atoms with Crippen molar-refractivity contribution < 1.29 is 23.5 Å². The summed E-state index contributed by atoms with van der Waals surface area (Å²) in [5.41, 5.74) is 1.12. The van der Waals surface area contributed by atoms with Crippen LogP contribution in [0.3, 0.4) is 0 Å². The molecule has 1 aromatic carbocycles. The summed E-state index contributed by atoms with van der Waals surface area (Å²) in [5.74, 6) is -1.80. The molecule has 2 aromatic rings. The fraction of sp³-hybridized carbons (Fsp3) is 0.333. The van der Waals surface area contributed by atoms with E-state index in [-0.39, 0.29) is 10.7 Å². The normalized spacial score (nSPS) is 10.3. The molecule has 2 N–H and O–H groups in total. The number of carbonyl (C=O) groups is 3. The number of urea groups is 1. The molecule has 0 aliphatic rings. The van der Waals surface area contributed by atoms with Crippen LogP contribution in [0.4, 0.5) is 9.18 Å². The molecule has 0 radical (unpaired) electrons. The van der Waals surface area contributed by atoms with Gasteiger partial charge in [-0.2, -0.15) is 0 Å². The van der Waals surface area contributed by atoms with Crippen LogP contribution in [-0.4, -0.2) is 36.0 Å². The second-order valence-corrected chi connectivity index (χ2v) is 6.67. The number of imide groups is 1. The molecule has 3 amide bonds. The van der Waals surface area contributed by atoms with E-state index >= 15 is 0 Å². The maximum absolute atomic E-state index is 13.0. The summed E-state index contributed by atoms with van der Waals surface area (Å²) in [6, 6.07) is 5.11. The standard InChI is InChI=1S/C18H20FN3O4S/c1-3-4-9-20-18(25)22-14(23)10-26-17(24)15-11(2)21-16(27-15)12-5-7-13(19)8-6-12/h5-8H,3-4,9-10H2,1-2H3,(H2,20,22,23,25). The number of hydrogen-bond donors (Lipinski definition) is 2. The highest BCUT2D eigenvalue weighted by molar-refractivity contribution is 7.17. The molecule has 27 heavy (non-hydrogen) atoms. The molecule has 0 spiro atoms. The first kappa shape index (κ1) is 20.5. The molecule has 1 heterocycles. The van der Waals surface area contributed by atoms with Gasteiger partial charge in [-0.05, 0) is 37.6 Å². The fourth-order valence-electron chi connectivity index (χ4n) is 2.08. The third-order valence-corrected chi connectivity index (χ3v) is 4.66. The third kappa shape index (κ3) is 6.14. The van der Waals surface area contributed by atoms with E-state index in [0.717, 1.165) is 24.2 Å². The van der Waals surface area contributed by atoms with Crippen molar-refractivity contribution in [3.8, 4) is 10.6 Å². The van der Waals surface area contributed by atoms with Gasteiger partial charge >= 0.3 is 12.0 Å². The Balaban J connectivity index is 1.89. The van der Waals surface area contributed by atoms with Gasteiger partial charge in [0.05, 0.1) is 5.69 Å². The molecule has 0 bridgehead atoms. The van der Waals surface area contributed by atoms with Gasteiger partial charge in [0.1, 0.15) is 15.7 Å². The highest BCUT2D eigenvalue weighted by Crippen LogP contribution is 2.28. The van der Waals surface area contributed by atoms with Crippen LogP contribution in [0.2, 0.25) is 0 Å². The maximum atomic E-state index is 13.0. The zero-order valence-electron chi connectivity index (χ0n) is 15.0. The minimum Gasteiger partial charge on any atom is -0.451 e. The average Bonchev–Trinajstić information content (AvgIpc) is 3.02. The van der Waals surface area contributed by atoms with E-state index in [1.807, 2.05) is 6.92 Å². The number of halogens is 1. The fourth-order valence-corrected chi connectivity index (χ4v) is 3.05. The van der Waals surface area contributed by atoms with Gasteiger partial charge in [0.2, 0.25) is 0 Å². The monoisotopic (exact) mass is 393 g/mol. The Kier molecular flexibility index (Phi) is 7.42. The summed E-state index contributed by atoms with van der Waals surface area (Å²) >= 11 is 1.09. The lowest BCUT2D eigenvalue weighted by atomic mass is 10.2. The second kappa shape index (κ2) is 9.77. The van der Waals surface area contributed by atoms with Gasteiger partial charge in [0, 0.05) is 12.1 Å². The van der Waals surface area contributed by atoms with Crippen LogP contribution in [-0.2, 0) is 9.53 Å². The highest BCUT2D eigenvalue weighted by atomic mass is 32.1. The summed E-state index contributed by atoms with van der Waals surface area (Å²) in [7, 11) is 0. The van der Waals surface area contributed by atoms with Crippen LogP contribution in [0.5, 0.6) is 0 Å². The Morgan fingerprint density at radius 3 is 2.59 bits per heavy atom. The summed E-state index contributed by atoms with van der Waals surface area (Å²) in [6.45, 7) is 3.50. The van der Waals surface area contributed by atoms with Gasteiger partial charge in [0.15, 0.2) is 6.61 Å². The number of thiazole rings is 1. The van der Waals surface area contributed by atoms with E-state index in [0.29, 0.717) is 22.8 Å². The number of aryl methyl sites for hydroxylation is 1. The number of aromatic nitrogens is 1. The largest absolute Gasteiger partial charge is 0.451 e. The minimum absolute atomic E-state index is 0.245. The Morgan fingerprint density at radius 1 is 1.22 bits per heavy atom. The Bertz CT molecular complexity index is 821. The molecule has 0 saturated carbocycles. The van der Waals surface area contributed by atoms with Gasteiger partial charge in [-0.25, -0.2) is 19.0 Å². The van der Waals surface area contributed by atoms with Crippen molar-refractivity contribution in [2.24, 2.45) is 0 Å². The van der Waals surface area contributed by atoms with Crippen molar-refractivity contribution in [3.63, 3.8) is 0 Å². The zero-order valence-corrected chi connectivity index (χ0v) is 15.8. The average molecular weight is 393 g/mol. The Hall–Kier alpha value is -2.81. The maximum Gasteiger partial charge on any atom is 0.350 e. The number of esters is 1. The van der Waals surface area contributed by atoms with Gasteiger partial charge in [-0.3, -0.25) is 10.1 Å². The molecule has 0 fully saturated rings. The van der Waals surface area contributed by atoms with E-state index in [1.165, 1.54) is 12.1 Å². The summed E-state index contributed by atoms with van der Waals surface area (Å²) in [5, 5.41) is 5.15. The number of ether oxygens (including phenoxy) is 1. The molecular weight excluding hydrogens is 373 g/mol. The first-order valence-electron chi connectivity index (χ1n) is 8.39. The first-order chi connectivity index (χ1) is 12.9. The number of benzene rings is 1. The highest BCUT2D eigenvalue weighted by Gasteiger charge is 2.19. The van der Waals surface area contributed by atoms with E-state index in [2.05, 4.69) is 15.6 Å². The number of amides is 3. The van der Waals surface area contributed by atoms with Crippen LogP contribution >= 0.6 is 11.3 Å². The van der Waals surface area contributed by atoms with Gasteiger partial charge in [-0.15, -0.1) is 11.3 Å². The van der Waals surface area contributed by atoms with Crippen LogP contribution in [0.1, 0.15) is 35.1 Å². The smallest absolute Gasteiger partial charge is 0.350 e. The minimum atomic E-state index is -0.724. The second-order valence-electron chi connectivity index (χ2n) is 5.67. The third-order valence-electron chi connectivity index (χ3n) is 3.48. The predicted octanol–water partition coefficient (Wildman–Crippen LogP) is 3.04. The van der Waals surface area contributed by atoms with Crippen LogP contribution in [0, 0.1) is 12.7 Å². The molecule has 0 aliphatic carbocycles. The number of carbonyl (C=O) groups excluding carboxylic acids is 3. The van der Waals surface area contributed by atoms with Gasteiger partial charge in [0.25, 0.3) is 5.91 Å². The molecule has 7 nitrogen and oxygen atoms in total. The Labute approximate surface area is 159 Å². The number of rotatable bonds is 7. The molecule has 0 unspecified atom stereocenters. The van der Waals surface area contributed by atoms with E-state index in [9.17, 15) is 18.8 Å². The predicted molar refractivity (Wildman–Crippen MR) is 99.0 cm³/mol. The molecule has 0 aliphatic heterocycles.